The van der Waals surface area contributed by atoms with Crippen molar-refractivity contribution in [3.63, 3.8) is 0 Å². The molecule has 0 radical (unpaired) electrons. The number of benzene rings is 1. The van der Waals surface area contributed by atoms with Crippen LogP contribution in [0.25, 0.3) is 0 Å². The normalized spacial score (nSPS) is 17.5. The molecule has 104 valence electrons. The fourth-order valence-electron chi connectivity index (χ4n) is 2.62. The van der Waals surface area contributed by atoms with Gasteiger partial charge in [0.1, 0.15) is 17.1 Å². The molecule has 1 amide bonds. The number of hydrogen-bond acceptors (Lipinski definition) is 3. The maximum atomic E-state index is 12.1. The summed E-state index contributed by atoms with van der Waals surface area (Å²) < 4.78 is 0. The van der Waals surface area contributed by atoms with Gasteiger partial charge in [0, 0.05) is 6.04 Å². The first-order valence-corrected chi connectivity index (χ1v) is 7.00. The lowest BCUT2D eigenvalue weighted by Gasteiger charge is -2.21. The van der Waals surface area contributed by atoms with E-state index in [1.165, 1.54) is 37.5 Å². The predicted octanol–water partition coefficient (Wildman–Crippen LogP) is 2.94. The van der Waals surface area contributed by atoms with Gasteiger partial charge in [-0.05, 0) is 25.0 Å². The Morgan fingerprint density at radius 3 is 2.11 bits per heavy atom. The number of hydrogen-bond donors (Lipinski definition) is 3. The van der Waals surface area contributed by atoms with Crippen molar-refractivity contribution >= 4 is 5.91 Å². The van der Waals surface area contributed by atoms with E-state index in [9.17, 15) is 15.0 Å². The lowest BCUT2D eigenvalue weighted by molar-refractivity contribution is 0.0925. The van der Waals surface area contributed by atoms with E-state index in [-0.39, 0.29) is 29.0 Å². The summed E-state index contributed by atoms with van der Waals surface area (Å²) in [7, 11) is 0. The SMILES string of the molecule is O=C(NC1CCCCCCC1)c1c(O)cccc1O. The number of carbonyl (C=O) groups excluding carboxylic acids is 1. The van der Waals surface area contributed by atoms with Crippen LogP contribution in [0, 0.1) is 0 Å². The zero-order valence-corrected chi connectivity index (χ0v) is 11.1. The number of phenols is 2. The van der Waals surface area contributed by atoms with Crippen molar-refractivity contribution in [2.24, 2.45) is 0 Å². The lowest BCUT2D eigenvalue weighted by atomic mass is 9.96. The number of aromatic hydroxyl groups is 2. The standard InChI is InChI=1S/C15H21NO3/c17-12-9-6-10-13(18)14(12)15(19)16-11-7-4-2-1-3-5-8-11/h6,9-11,17-18H,1-5,7-8H2,(H,16,19). The minimum atomic E-state index is -0.388. The quantitative estimate of drug-likeness (QED) is 0.768. The highest BCUT2D eigenvalue weighted by Crippen LogP contribution is 2.26. The van der Waals surface area contributed by atoms with Crippen molar-refractivity contribution in [3.05, 3.63) is 23.8 Å². The highest BCUT2D eigenvalue weighted by molar-refractivity contribution is 5.99. The third kappa shape index (κ3) is 3.63. The third-order valence-electron chi connectivity index (χ3n) is 3.69. The van der Waals surface area contributed by atoms with Crippen LogP contribution in [0.1, 0.15) is 55.3 Å². The second-order valence-electron chi connectivity index (χ2n) is 5.19. The second kappa shape index (κ2) is 6.45. The van der Waals surface area contributed by atoms with E-state index in [4.69, 9.17) is 0 Å². The summed E-state index contributed by atoms with van der Waals surface area (Å²) in [4.78, 5) is 12.1. The maximum absolute atomic E-state index is 12.1. The first kappa shape index (κ1) is 13.7. The molecule has 3 N–H and O–H groups in total. The maximum Gasteiger partial charge on any atom is 0.259 e. The summed E-state index contributed by atoms with van der Waals surface area (Å²) in [6.07, 6.45) is 7.90. The van der Waals surface area contributed by atoms with Crippen LogP contribution >= 0.6 is 0 Å². The van der Waals surface area contributed by atoms with Crippen LogP contribution in [0.5, 0.6) is 11.5 Å². The molecule has 0 spiro atoms. The van der Waals surface area contributed by atoms with Gasteiger partial charge in [0.25, 0.3) is 5.91 Å². The van der Waals surface area contributed by atoms with E-state index in [0.29, 0.717) is 0 Å². The van der Waals surface area contributed by atoms with Gasteiger partial charge in [-0.15, -0.1) is 0 Å². The van der Waals surface area contributed by atoms with Gasteiger partial charge in [0.15, 0.2) is 0 Å². The average Bonchev–Trinajstić information content (AvgIpc) is 2.32. The Kier molecular flexibility index (Phi) is 4.66. The van der Waals surface area contributed by atoms with Crippen molar-refractivity contribution in [3.8, 4) is 11.5 Å². The van der Waals surface area contributed by atoms with Gasteiger partial charge in [0.2, 0.25) is 0 Å². The number of carbonyl (C=O) groups is 1. The van der Waals surface area contributed by atoms with E-state index >= 15 is 0 Å². The molecule has 0 atom stereocenters. The molecule has 1 aromatic carbocycles. The van der Waals surface area contributed by atoms with Crippen LogP contribution in [0.2, 0.25) is 0 Å². The Balaban J connectivity index is 2.03. The van der Waals surface area contributed by atoms with Crippen LogP contribution in [-0.4, -0.2) is 22.2 Å². The molecule has 0 heterocycles. The highest BCUT2D eigenvalue weighted by Gasteiger charge is 2.20. The summed E-state index contributed by atoms with van der Waals surface area (Å²) in [5.74, 6) is -0.743. The molecule has 1 aliphatic rings. The molecule has 0 unspecified atom stereocenters. The van der Waals surface area contributed by atoms with E-state index in [1.807, 2.05) is 0 Å². The Labute approximate surface area is 113 Å². The van der Waals surface area contributed by atoms with Crippen LogP contribution in [0.15, 0.2) is 18.2 Å². The van der Waals surface area contributed by atoms with E-state index in [0.717, 1.165) is 25.7 Å². The van der Waals surface area contributed by atoms with E-state index < -0.39 is 0 Å². The Bertz CT molecular complexity index is 417. The number of rotatable bonds is 2. The van der Waals surface area contributed by atoms with Gasteiger partial charge in [-0.3, -0.25) is 4.79 Å². The molecule has 1 fully saturated rings. The summed E-state index contributed by atoms with van der Waals surface area (Å²) in [6, 6.07) is 4.48. The Morgan fingerprint density at radius 1 is 1.00 bits per heavy atom. The van der Waals surface area contributed by atoms with Crippen LogP contribution in [0.3, 0.4) is 0 Å². The predicted molar refractivity (Wildman–Crippen MR) is 73.3 cm³/mol. The van der Waals surface area contributed by atoms with Gasteiger partial charge in [-0.2, -0.15) is 0 Å². The Morgan fingerprint density at radius 2 is 1.53 bits per heavy atom. The minimum Gasteiger partial charge on any atom is -0.507 e. The largest absolute Gasteiger partial charge is 0.507 e. The zero-order valence-electron chi connectivity index (χ0n) is 11.1. The van der Waals surface area contributed by atoms with Gasteiger partial charge in [-0.25, -0.2) is 0 Å². The third-order valence-corrected chi connectivity index (χ3v) is 3.69. The van der Waals surface area contributed by atoms with Gasteiger partial charge < -0.3 is 15.5 Å². The van der Waals surface area contributed by atoms with Gasteiger partial charge >= 0.3 is 0 Å². The molecule has 0 aromatic heterocycles. The molecule has 19 heavy (non-hydrogen) atoms. The fraction of sp³-hybridized carbons (Fsp3) is 0.533. The number of nitrogens with one attached hydrogen (secondary N) is 1. The van der Waals surface area contributed by atoms with Crippen molar-refractivity contribution < 1.29 is 15.0 Å². The van der Waals surface area contributed by atoms with Crippen molar-refractivity contribution in [1.29, 1.82) is 0 Å². The van der Waals surface area contributed by atoms with Crippen LogP contribution in [-0.2, 0) is 0 Å². The topological polar surface area (TPSA) is 69.6 Å². The molecule has 4 heteroatoms. The van der Waals surface area contributed by atoms with Gasteiger partial charge in [-0.1, -0.05) is 38.2 Å². The zero-order chi connectivity index (χ0) is 13.7. The molecule has 0 aliphatic heterocycles. The average molecular weight is 263 g/mol. The van der Waals surface area contributed by atoms with Crippen LogP contribution < -0.4 is 5.32 Å². The summed E-state index contributed by atoms with van der Waals surface area (Å²) in [5, 5.41) is 22.3. The molecular formula is C15H21NO3. The molecule has 0 saturated heterocycles. The number of phenolic OH excluding ortho intramolecular Hbond substituents is 2. The lowest BCUT2D eigenvalue weighted by Crippen LogP contribution is -2.35. The summed E-state index contributed by atoms with van der Waals surface area (Å²) in [5.41, 5.74) is -0.0236. The molecule has 0 bridgehead atoms. The first-order valence-electron chi connectivity index (χ1n) is 7.00. The van der Waals surface area contributed by atoms with Crippen molar-refractivity contribution in [2.75, 3.05) is 0 Å². The van der Waals surface area contributed by atoms with Crippen LogP contribution in [0.4, 0.5) is 0 Å². The van der Waals surface area contributed by atoms with Gasteiger partial charge in [0.05, 0.1) is 0 Å². The second-order valence-corrected chi connectivity index (χ2v) is 5.19. The molecule has 1 aliphatic carbocycles. The highest BCUT2D eigenvalue weighted by atomic mass is 16.3. The monoisotopic (exact) mass is 263 g/mol. The first-order chi connectivity index (χ1) is 9.18. The minimum absolute atomic E-state index is 0.0236. The fourth-order valence-corrected chi connectivity index (χ4v) is 2.62. The molecule has 4 nitrogen and oxygen atoms in total. The van der Waals surface area contributed by atoms with E-state index in [2.05, 4.69) is 5.32 Å². The smallest absolute Gasteiger partial charge is 0.259 e. The molecule has 1 saturated carbocycles. The summed E-state index contributed by atoms with van der Waals surface area (Å²) >= 11 is 0. The summed E-state index contributed by atoms with van der Waals surface area (Å²) in [6.45, 7) is 0. The molecular weight excluding hydrogens is 242 g/mol. The van der Waals surface area contributed by atoms with Crippen molar-refractivity contribution in [2.45, 2.75) is 51.0 Å². The molecule has 2 rings (SSSR count). The number of amides is 1. The Hall–Kier alpha value is -1.71. The van der Waals surface area contributed by atoms with E-state index in [1.54, 1.807) is 0 Å². The molecule has 1 aromatic rings. The van der Waals surface area contributed by atoms with Crippen molar-refractivity contribution in [1.82, 2.24) is 5.32 Å².